The molecule has 1 atom stereocenters. The molecule has 4 heteroatoms. The topological polar surface area (TPSA) is 65.7 Å². The lowest BCUT2D eigenvalue weighted by molar-refractivity contribution is 0.288. The number of aromatic nitrogens is 1. The van der Waals surface area contributed by atoms with Gasteiger partial charge in [-0.3, -0.25) is 4.98 Å². The molecule has 0 saturated heterocycles. The number of aliphatic hydroxyl groups is 1. The van der Waals surface area contributed by atoms with Crippen molar-refractivity contribution in [1.29, 1.82) is 0 Å². The first-order valence-corrected chi connectivity index (χ1v) is 9.97. The molecule has 0 amide bonds. The van der Waals surface area contributed by atoms with Gasteiger partial charge in [0.25, 0.3) is 0 Å². The first-order valence-electron chi connectivity index (χ1n) is 9.97. The van der Waals surface area contributed by atoms with Gasteiger partial charge >= 0.3 is 0 Å². The Kier molecular flexibility index (Phi) is 6.78. The summed E-state index contributed by atoms with van der Waals surface area (Å²) in [7, 11) is 0. The molecule has 4 nitrogen and oxygen atoms in total. The van der Waals surface area contributed by atoms with E-state index in [4.69, 9.17) is 5.11 Å². The Morgan fingerprint density at radius 2 is 1.76 bits per heavy atom. The maximum absolute atomic E-state index is 9.27. The SMILES string of the molecule is Cc1cc(C(CC=NO)(c2ccc(CCCO)cc2)c2ccccc2C)ccn1. The summed E-state index contributed by atoms with van der Waals surface area (Å²) >= 11 is 0. The van der Waals surface area contributed by atoms with Crippen LogP contribution in [0.3, 0.4) is 0 Å². The summed E-state index contributed by atoms with van der Waals surface area (Å²) in [5.74, 6) is 0. The van der Waals surface area contributed by atoms with Crippen molar-refractivity contribution in [2.75, 3.05) is 6.61 Å². The predicted molar refractivity (Wildman–Crippen MR) is 117 cm³/mol. The van der Waals surface area contributed by atoms with E-state index in [2.05, 4.69) is 65.6 Å². The van der Waals surface area contributed by atoms with E-state index in [9.17, 15) is 5.21 Å². The van der Waals surface area contributed by atoms with Gasteiger partial charge in [0.05, 0.1) is 5.41 Å². The van der Waals surface area contributed by atoms with Crippen molar-refractivity contribution in [3.8, 4) is 0 Å². The molecule has 0 aliphatic heterocycles. The second-order valence-corrected chi connectivity index (χ2v) is 7.43. The van der Waals surface area contributed by atoms with E-state index in [-0.39, 0.29) is 6.61 Å². The molecule has 0 radical (unpaired) electrons. The first-order chi connectivity index (χ1) is 14.1. The number of aryl methyl sites for hydroxylation is 3. The maximum atomic E-state index is 9.27. The van der Waals surface area contributed by atoms with Gasteiger partial charge in [0.15, 0.2) is 0 Å². The van der Waals surface area contributed by atoms with Crippen LogP contribution in [0.1, 0.15) is 46.4 Å². The smallest absolute Gasteiger partial charge is 0.0505 e. The standard InChI is InChI=1S/C25H28N2O2/c1-19-6-3-4-8-24(19)25(14-16-27-29,23-13-15-26-20(2)18-23)22-11-9-21(10-12-22)7-5-17-28/h3-4,6,8-13,15-16,18,28-29H,5,7,14,17H2,1-2H3. The molecule has 1 heterocycles. The Labute approximate surface area is 172 Å². The third-order valence-corrected chi connectivity index (χ3v) is 5.54. The van der Waals surface area contributed by atoms with Crippen molar-refractivity contribution in [3.05, 3.63) is 100 Å². The minimum absolute atomic E-state index is 0.193. The van der Waals surface area contributed by atoms with Crippen molar-refractivity contribution < 1.29 is 10.3 Å². The van der Waals surface area contributed by atoms with E-state index in [1.807, 2.05) is 25.3 Å². The van der Waals surface area contributed by atoms with Crippen molar-refractivity contribution >= 4 is 6.21 Å². The van der Waals surface area contributed by atoms with E-state index in [0.717, 1.165) is 29.7 Å². The lowest BCUT2D eigenvalue weighted by atomic mass is 9.66. The largest absolute Gasteiger partial charge is 0.411 e. The minimum atomic E-state index is -0.499. The molecule has 0 fully saturated rings. The van der Waals surface area contributed by atoms with Crippen LogP contribution in [0, 0.1) is 13.8 Å². The monoisotopic (exact) mass is 388 g/mol. The summed E-state index contributed by atoms with van der Waals surface area (Å²) in [6, 6.07) is 21.1. The van der Waals surface area contributed by atoms with E-state index in [1.54, 1.807) is 6.21 Å². The fourth-order valence-electron chi connectivity index (χ4n) is 4.10. The summed E-state index contributed by atoms with van der Waals surface area (Å²) < 4.78 is 0. The van der Waals surface area contributed by atoms with Crippen LogP contribution in [-0.4, -0.2) is 28.1 Å². The summed E-state index contributed by atoms with van der Waals surface area (Å²) in [6.07, 6.45) is 5.53. The summed E-state index contributed by atoms with van der Waals surface area (Å²) in [6.45, 7) is 4.30. The summed E-state index contributed by atoms with van der Waals surface area (Å²) in [5, 5.41) is 21.7. The van der Waals surface area contributed by atoms with Crippen molar-refractivity contribution in [1.82, 2.24) is 4.98 Å². The second kappa shape index (κ2) is 9.48. The second-order valence-electron chi connectivity index (χ2n) is 7.43. The fraction of sp³-hybridized carbons (Fsp3) is 0.280. The zero-order chi connectivity index (χ0) is 20.7. The highest BCUT2D eigenvalue weighted by Gasteiger charge is 2.37. The maximum Gasteiger partial charge on any atom is 0.0505 e. The minimum Gasteiger partial charge on any atom is -0.411 e. The van der Waals surface area contributed by atoms with Gasteiger partial charge in [-0.15, -0.1) is 5.16 Å². The molecular formula is C25H28N2O2. The molecule has 0 saturated carbocycles. The Balaban J connectivity index is 2.25. The number of oxime groups is 1. The third-order valence-electron chi connectivity index (χ3n) is 5.54. The number of rotatable bonds is 8. The van der Waals surface area contributed by atoms with Crippen LogP contribution < -0.4 is 0 Å². The molecule has 2 aromatic carbocycles. The van der Waals surface area contributed by atoms with Gasteiger partial charge in [-0.1, -0.05) is 48.5 Å². The highest BCUT2D eigenvalue weighted by molar-refractivity contribution is 5.66. The molecule has 2 N–H and O–H groups in total. The van der Waals surface area contributed by atoms with Crippen LogP contribution in [0.5, 0.6) is 0 Å². The van der Waals surface area contributed by atoms with Gasteiger partial charge in [-0.05, 0) is 66.6 Å². The Hall–Kier alpha value is -2.98. The van der Waals surface area contributed by atoms with E-state index in [1.165, 1.54) is 16.7 Å². The van der Waals surface area contributed by atoms with E-state index >= 15 is 0 Å². The molecule has 1 aromatic heterocycles. The van der Waals surface area contributed by atoms with Gasteiger partial charge in [0.1, 0.15) is 0 Å². The number of pyridine rings is 1. The normalized spacial score (nSPS) is 13.5. The Bertz CT molecular complexity index is 967. The molecule has 0 bridgehead atoms. The molecule has 150 valence electrons. The molecule has 29 heavy (non-hydrogen) atoms. The number of hydrogen-bond acceptors (Lipinski definition) is 4. The molecule has 3 rings (SSSR count). The van der Waals surface area contributed by atoms with Crippen LogP contribution in [0.4, 0.5) is 0 Å². The number of benzene rings is 2. The summed E-state index contributed by atoms with van der Waals surface area (Å²) in [5.41, 5.74) is 6.24. The van der Waals surface area contributed by atoms with Gasteiger partial charge in [-0.2, -0.15) is 0 Å². The molecule has 1 unspecified atom stereocenters. The summed E-state index contributed by atoms with van der Waals surface area (Å²) in [4.78, 5) is 4.38. The van der Waals surface area contributed by atoms with Crippen LogP contribution in [0.2, 0.25) is 0 Å². The average molecular weight is 389 g/mol. The predicted octanol–water partition coefficient (Wildman–Crippen LogP) is 4.81. The van der Waals surface area contributed by atoms with Gasteiger partial charge in [0.2, 0.25) is 0 Å². The zero-order valence-corrected chi connectivity index (χ0v) is 17.0. The van der Waals surface area contributed by atoms with Gasteiger partial charge < -0.3 is 10.3 Å². The third kappa shape index (κ3) is 4.38. The highest BCUT2D eigenvalue weighted by atomic mass is 16.4. The number of hydrogen-bond donors (Lipinski definition) is 2. The highest BCUT2D eigenvalue weighted by Crippen LogP contribution is 2.43. The van der Waals surface area contributed by atoms with Gasteiger partial charge in [0, 0.05) is 31.1 Å². The van der Waals surface area contributed by atoms with Crippen molar-refractivity contribution in [2.24, 2.45) is 5.16 Å². The fourth-order valence-corrected chi connectivity index (χ4v) is 4.10. The Morgan fingerprint density at radius 1 is 1.00 bits per heavy atom. The van der Waals surface area contributed by atoms with E-state index < -0.39 is 5.41 Å². The van der Waals surface area contributed by atoms with Gasteiger partial charge in [-0.25, -0.2) is 0 Å². The lowest BCUT2D eigenvalue weighted by Gasteiger charge is -2.36. The first kappa shape index (κ1) is 20.7. The average Bonchev–Trinajstić information content (AvgIpc) is 2.74. The van der Waals surface area contributed by atoms with Crippen LogP contribution in [-0.2, 0) is 11.8 Å². The van der Waals surface area contributed by atoms with Crippen LogP contribution in [0.25, 0.3) is 0 Å². The lowest BCUT2D eigenvalue weighted by Crippen LogP contribution is -2.31. The molecular weight excluding hydrogens is 360 g/mol. The van der Waals surface area contributed by atoms with Crippen molar-refractivity contribution in [2.45, 2.75) is 38.5 Å². The molecule has 0 aliphatic carbocycles. The molecule has 0 aliphatic rings. The number of aliphatic hydroxyl groups excluding tert-OH is 1. The van der Waals surface area contributed by atoms with Crippen LogP contribution in [0.15, 0.2) is 72.0 Å². The molecule has 3 aromatic rings. The quantitative estimate of drug-likeness (QED) is 0.331. The number of nitrogens with zero attached hydrogens (tertiary/aromatic N) is 2. The Morgan fingerprint density at radius 3 is 2.41 bits per heavy atom. The van der Waals surface area contributed by atoms with Crippen LogP contribution >= 0.6 is 0 Å². The van der Waals surface area contributed by atoms with E-state index in [0.29, 0.717) is 6.42 Å². The zero-order valence-electron chi connectivity index (χ0n) is 17.0. The van der Waals surface area contributed by atoms with Crippen molar-refractivity contribution in [3.63, 3.8) is 0 Å². The molecule has 0 spiro atoms.